The van der Waals surface area contributed by atoms with Crippen molar-refractivity contribution in [1.29, 1.82) is 0 Å². The number of carbonyl (C=O) groups excluding carboxylic acids is 4. The maximum absolute atomic E-state index is 12.5. The van der Waals surface area contributed by atoms with Gasteiger partial charge in [-0.3, -0.25) is 20.4 Å². The van der Waals surface area contributed by atoms with Crippen LogP contribution in [0.15, 0.2) is 71.1 Å². The monoisotopic (exact) mass is 496 g/mol. The summed E-state index contributed by atoms with van der Waals surface area (Å²) < 4.78 is 9.67. The molecule has 0 saturated carbocycles. The topological polar surface area (TPSA) is 175 Å². The number of phenolic OH excluding ortho intramolecular Hbond substituents is 2. The number of phenols is 2. The lowest BCUT2D eigenvalue weighted by atomic mass is 9.93. The molecule has 0 saturated heterocycles. The van der Waals surface area contributed by atoms with Gasteiger partial charge in [-0.15, -0.1) is 0 Å². The van der Waals surface area contributed by atoms with Crippen LogP contribution in [0.4, 0.5) is 0 Å². The van der Waals surface area contributed by atoms with Crippen LogP contribution in [0.3, 0.4) is 0 Å². The van der Waals surface area contributed by atoms with Gasteiger partial charge < -0.3 is 30.5 Å². The molecule has 0 heterocycles. The Labute approximate surface area is 205 Å². The molecule has 0 radical (unpaired) electrons. The Balaban J connectivity index is 1.83. The van der Waals surface area contributed by atoms with Gasteiger partial charge >= 0.3 is 11.9 Å². The molecule has 0 bridgehead atoms. The molecule has 2 aromatic rings. The Bertz CT molecular complexity index is 1170. The van der Waals surface area contributed by atoms with Crippen LogP contribution < -0.4 is 21.7 Å². The van der Waals surface area contributed by atoms with Crippen molar-refractivity contribution >= 4 is 23.8 Å². The van der Waals surface area contributed by atoms with Crippen LogP contribution in [0, 0.1) is 0 Å². The zero-order valence-electron chi connectivity index (χ0n) is 19.4. The Morgan fingerprint density at radius 2 is 1.03 bits per heavy atom. The smallest absolute Gasteiger partial charge is 0.335 e. The molecular formula is C24H24N4O8. The van der Waals surface area contributed by atoms with E-state index in [2.05, 4.69) is 21.7 Å². The summed E-state index contributed by atoms with van der Waals surface area (Å²) in [5, 5.41) is 19.8. The van der Waals surface area contributed by atoms with Crippen LogP contribution in [0.5, 0.6) is 11.5 Å². The average molecular weight is 496 g/mol. The van der Waals surface area contributed by atoms with Gasteiger partial charge in [0.1, 0.15) is 11.5 Å². The molecule has 0 fully saturated rings. The Kier molecular flexibility index (Phi) is 8.13. The van der Waals surface area contributed by atoms with Crippen molar-refractivity contribution in [3.05, 3.63) is 82.2 Å². The first-order valence-electron chi connectivity index (χ1n) is 10.6. The van der Waals surface area contributed by atoms with Crippen LogP contribution in [-0.4, -0.2) is 48.2 Å². The fourth-order valence-corrected chi connectivity index (χ4v) is 3.39. The van der Waals surface area contributed by atoms with E-state index < -0.39 is 23.8 Å². The predicted octanol–water partition coefficient (Wildman–Crippen LogP) is 0.915. The van der Waals surface area contributed by atoms with Crippen LogP contribution in [0.25, 0.3) is 0 Å². The summed E-state index contributed by atoms with van der Waals surface area (Å²) in [6.07, 6.45) is -0.403. The number of nitrogens with one attached hydrogen (secondary N) is 4. The van der Waals surface area contributed by atoms with Crippen LogP contribution >= 0.6 is 0 Å². The van der Waals surface area contributed by atoms with Gasteiger partial charge in [-0.05, 0) is 24.3 Å². The number of amides is 2. The van der Waals surface area contributed by atoms with Crippen molar-refractivity contribution in [3.63, 3.8) is 0 Å². The van der Waals surface area contributed by atoms with Gasteiger partial charge in [0.25, 0.3) is 11.8 Å². The first kappa shape index (κ1) is 25.6. The molecule has 12 nitrogen and oxygen atoms in total. The highest BCUT2D eigenvalue weighted by atomic mass is 16.5. The molecule has 0 spiro atoms. The lowest BCUT2D eigenvalue weighted by Crippen LogP contribution is -2.42. The SMILES string of the molecule is COC(=O)C1=C(NNC(=O)c2ccccc2O)CC(C(=O)OC)=C(NNC(=O)c2ccccc2O)C1. The molecule has 6 N–H and O–H groups in total. The summed E-state index contributed by atoms with van der Waals surface area (Å²) in [4.78, 5) is 49.9. The minimum atomic E-state index is -0.746. The van der Waals surface area contributed by atoms with E-state index in [9.17, 15) is 29.4 Å². The number of rotatable bonds is 8. The zero-order valence-corrected chi connectivity index (χ0v) is 19.4. The lowest BCUT2D eigenvalue weighted by molar-refractivity contribution is -0.137. The molecule has 0 aliphatic heterocycles. The Morgan fingerprint density at radius 1 is 0.667 bits per heavy atom. The highest BCUT2D eigenvalue weighted by molar-refractivity contribution is 5.98. The third kappa shape index (κ3) is 5.73. The van der Waals surface area contributed by atoms with Gasteiger partial charge in [-0.25, -0.2) is 9.59 Å². The maximum Gasteiger partial charge on any atom is 0.335 e. The molecule has 2 aromatic carbocycles. The molecule has 2 amide bonds. The summed E-state index contributed by atoms with van der Waals surface area (Å²) in [6, 6.07) is 11.7. The molecule has 1 aliphatic carbocycles. The lowest BCUT2D eigenvalue weighted by Gasteiger charge is -2.25. The first-order valence-corrected chi connectivity index (χ1v) is 10.6. The number of benzene rings is 2. The van der Waals surface area contributed by atoms with Crippen molar-refractivity contribution < 1.29 is 38.9 Å². The minimum absolute atomic E-state index is 0.0148. The number of allylic oxidation sites excluding steroid dienone is 2. The molecule has 0 aromatic heterocycles. The molecule has 12 heteroatoms. The fraction of sp³-hybridized carbons (Fsp3) is 0.167. The van der Waals surface area contributed by atoms with Gasteiger partial charge in [0.05, 0.1) is 36.5 Å². The van der Waals surface area contributed by atoms with Gasteiger partial charge in [-0.1, -0.05) is 24.3 Å². The number of hydrogen-bond acceptors (Lipinski definition) is 10. The summed E-state index contributed by atoms with van der Waals surface area (Å²) in [6.45, 7) is 0. The van der Waals surface area contributed by atoms with Gasteiger partial charge in [0.2, 0.25) is 0 Å². The van der Waals surface area contributed by atoms with Crippen LogP contribution in [0.1, 0.15) is 33.6 Å². The predicted molar refractivity (Wildman–Crippen MR) is 125 cm³/mol. The van der Waals surface area contributed by atoms with Crippen LogP contribution in [0.2, 0.25) is 0 Å². The highest BCUT2D eigenvalue weighted by Crippen LogP contribution is 2.29. The molecule has 0 unspecified atom stereocenters. The van der Waals surface area contributed by atoms with Gasteiger partial charge in [-0.2, -0.15) is 0 Å². The number of methoxy groups -OCH3 is 2. The third-order valence-electron chi connectivity index (χ3n) is 5.25. The largest absolute Gasteiger partial charge is 0.507 e. The molecule has 1 aliphatic rings. The summed E-state index contributed by atoms with van der Waals surface area (Å²) in [5.74, 6) is -3.36. The quantitative estimate of drug-likeness (QED) is 0.228. The number of aromatic hydroxyl groups is 2. The van der Waals surface area contributed by atoms with E-state index in [-0.39, 0.29) is 58.0 Å². The molecule has 0 atom stereocenters. The zero-order chi connectivity index (χ0) is 26.2. The number of para-hydroxylation sites is 2. The fourth-order valence-electron chi connectivity index (χ4n) is 3.39. The van der Waals surface area contributed by atoms with E-state index in [0.29, 0.717) is 0 Å². The van der Waals surface area contributed by atoms with E-state index in [1.54, 1.807) is 24.3 Å². The second kappa shape index (κ2) is 11.4. The van der Waals surface area contributed by atoms with Crippen molar-refractivity contribution in [2.75, 3.05) is 14.2 Å². The number of hydrazine groups is 2. The molecular weight excluding hydrogens is 472 g/mol. The molecule has 36 heavy (non-hydrogen) atoms. The third-order valence-corrected chi connectivity index (χ3v) is 5.25. The number of hydrogen-bond donors (Lipinski definition) is 6. The Morgan fingerprint density at radius 3 is 1.36 bits per heavy atom. The van der Waals surface area contributed by atoms with E-state index in [4.69, 9.17) is 9.47 Å². The van der Waals surface area contributed by atoms with Crippen molar-refractivity contribution in [2.45, 2.75) is 12.8 Å². The van der Waals surface area contributed by atoms with E-state index in [1.807, 2.05) is 0 Å². The maximum atomic E-state index is 12.5. The number of carbonyl (C=O) groups is 4. The second-order valence-electron chi connectivity index (χ2n) is 7.44. The van der Waals surface area contributed by atoms with Crippen molar-refractivity contribution in [3.8, 4) is 11.5 Å². The van der Waals surface area contributed by atoms with E-state index in [1.165, 1.54) is 38.5 Å². The number of esters is 2. The molecule has 188 valence electrons. The van der Waals surface area contributed by atoms with Crippen molar-refractivity contribution in [1.82, 2.24) is 21.7 Å². The van der Waals surface area contributed by atoms with E-state index in [0.717, 1.165) is 0 Å². The standard InChI is InChI=1S/C24H24N4O8/c1-35-23(33)15-11-18(26-28-22(32)14-8-4-6-10-20(14)30)16(24(34)36-2)12-17(15)25-27-21(31)13-7-3-5-9-19(13)29/h3-10,25-26,29-30H,11-12H2,1-2H3,(H,27,31)(H,28,32). The normalized spacial score (nSPS) is 12.9. The molecule has 3 rings (SSSR count). The number of ether oxygens (including phenoxy) is 2. The summed E-state index contributed by atoms with van der Waals surface area (Å²) in [5.41, 5.74) is 10.4. The summed E-state index contributed by atoms with van der Waals surface area (Å²) in [7, 11) is 2.33. The average Bonchev–Trinajstić information content (AvgIpc) is 2.89. The van der Waals surface area contributed by atoms with Gasteiger partial charge in [0, 0.05) is 24.2 Å². The van der Waals surface area contributed by atoms with Crippen LogP contribution in [-0.2, 0) is 19.1 Å². The first-order chi connectivity index (χ1) is 17.3. The van der Waals surface area contributed by atoms with E-state index >= 15 is 0 Å². The highest BCUT2D eigenvalue weighted by Gasteiger charge is 2.30. The van der Waals surface area contributed by atoms with Crippen molar-refractivity contribution in [2.24, 2.45) is 0 Å². The second-order valence-corrected chi connectivity index (χ2v) is 7.44. The van der Waals surface area contributed by atoms with Gasteiger partial charge in [0.15, 0.2) is 0 Å². The Hall–Kier alpha value is -5.00. The minimum Gasteiger partial charge on any atom is -0.507 e. The summed E-state index contributed by atoms with van der Waals surface area (Å²) >= 11 is 0.